The summed E-state index contributed by atoms with van der Waals surface area (Å²) >= 11 is 19.7. The minimum atomic E-state index is -1.79. The van der Waals surface area contributed by atoms with E-state index in [0.29, 0.717) is 16.3 Å². The minimum absolute atomic E-state index is 0.294. The van der Waals surface area contributed by atoms with Gasteiger partial charge in [-0.15, -0.1) is 0 Å². The second kappa shape index (κ2) is 9.53. The van der Waals surface area contributed by atoms with Crippen molar-refractivity contribution in [2.24, 2.45) is 0 Å². The molecule has 0 radical (unpaired) electrons. The lowest BCUT2D eigenvalue weighted by Gasteiger charge is -2.26. The molecule has 4 aromatic rings. The van der Waals surface area contributed by atoms with Crippen LogP contribution in [-0.4, -0.2) is 20.1 Å². The standard InChI is InChI=1S/C23H17Cl3N2O2S/c24-23(25,26)21(31-22-27-17-13-7-8-14-18(17)30-22)28-20(29)19(15-9-3-1-4-10-15)16-11-5-2-6-12-16/h1-14,19,21H,(H,28,29). The van der Waals surface area contributed by atoms with Crippen LogP contribution in [-0.2, 0) is 4.79 Å². The molecule has 1 heterocycles. The molecule has 0 bridgehead atoms. The first-order valence-electron chi connectivity index (χ1n) is 9.41. The number of fused-ring (bicyclic) bond motifs is 1. The number of hydrogen-bond donors (Lipinski definition) is 1. The molecule has 0 fully saturated rings. The van der Waals surface area contributed by atoms with Crippen molar-refractivity contribution in [3.63, 3.8) is 0 Å². The summed E-state index contributed by atoms with van der Waals surface area (Å²) < 4.78 is 3.94. The molecule has 1 aromatic heterocycles. The first kappa shape index (κ1) is 22.0. The minimum Gasteiger partial charge on any atom is -0.431 e. The van der Waals surface area contributed by atoms with E-state index in [-0.39, 0.29) is 5.91 Å². The van der Waals surface area contributed by atoms with Crippen LogP contribution in [0.1, 0.15) is 17.0 Å². The number of para-hydroxylation sites is 2. The van der Waals surface area contributed by atoms with E-state index in [9.17, 15) is 4.79 Å². The highest BCUT2D eigenvalue weighted by Crippen LogP contribution is 2.40. The van der Waals surface area contributed by atoms with Crippen molar-refractivity contribution in [2.75, 3.05) is 0 Å². The van der Waals surface area contributed by atoms with E-state index in [1.807, 2.05) is 78.9 Å². The molecule has 1 amide bonds. The molecular weight excluding hydrogens is 475 g/mol. The maximum absolute atomic E-state index is 13.4. The van der Waals surface area contributed by atoms with Crippen molar-refractivity contribution in [1.82, 2.24) is 10.3 Å². The number of thioether (sulfide) groups is 1. The Balaban J connectivity index is 1.62. The predicted molar refractivity (Wildman–Crippen MR) is 127 cm³/mol. The molecule has 0 saturated heterocycles. The van der Waals surface area contributed by atoms with Crippen LogP contribution in [0.25, 0.3) is 11.1 Å². The Hall–Kier alpha value is -2.18. The number of hydrogen-bond acceptors (Lipinski definition) is 4. The number of carbonyl (C=O) groups is 1. The number of carbonyl (C=O) groups excluding carboxylic acids is 1. The van der Waals surface area contributed by atoms with Crippen LogP contribution < -0.4 is 5.32 Å². The van der Waals surface area contributed by atoms with E-state index in [4.69, 9.17) is 39.2 Å². The summed E-state index contributed by atoms with van der Waals surface area (Å²) in [5.74, 6) is -0.862. The largest absolute Gasteiger partial charge is 0.431 e. The molecule has 0 saturated carbocycles. The lowest BCUT2D eigenvalue weighted by Crippen LogP contribution is -2.43. The van der Waals surface area contributed by atoms with E-state index in [0.717, 1.165) is 22.9 Å². The van der Waals surface area contributed by atoms with Crippen molar-refractivity contribution in [3.8, 4) is 0 Å². The van der Waals surface area contributed by atoms with Crippen LogP contribution >= 0.6 is 46.6 Å². The number of nitrogens with one attached hydrogen (secondary N) is 1. The Bertz CT molecular complexity index is 1090. The first-order chi connectivity index (χ1) is 14.9. The lowest BCUT2D eigenvalue weighted by molar-refractivity contribution is -0.121. The van der Waals surface area contributed by atoms with E-state index >= 15 is 0 Å². The van der Waals surface area contributed by atoms with Crippen LogP contribution in [0.15, 0.2) is 94.6 Å². The molecule has 31 heavy (non-hydrogen) atoms. The van der Waals surface area contributed by atoms with Gasteiger partial charge in [0, 0.05) is 0 Å². The highest BCUT2D eigenvalue weighted by Gasteiger charge is 2.38. The average Bonchev–Trinajstić information content (AvgIpc) is 3.17. The summed E-state index contributed by atoms with van der Waals surface area (Å²) in [6.07, 6.45) is 0. The number of halogens is 3. The van der Waals surface area contributed by atoms with Crippen LogP contribution in [0.2, 0.25) is 0 Å². The number of benzene rings is 3. The van der Waals surface area contributed by atoms with E-state index in [1.165, 1.54) is 0 Å². The molecular formula is C23H17Cl3N2O2S. The third kappa shape index (κ3) is 5.36. The molecule has 0 spiro atoms. The highest BCUT2D eigenvalue weighted by molar-refractivity contribution is 8.00. The van der Waals surface area contributed by atoms with Gasteiger partial charge in [0.25, 0.3) is 5.22 Å². The Labute approximate surface area is 198 Å². The monoisotopic (exact) mass is 490 g/mol. The first-order valence-corrected chi connectivity index (χ1v) is 11.4. The summed E-state index contributed by atoms with van der Waals surface area (Å²) in [5, 5.41) is 2.25. The third-order valence-corrected chi connectivity index (χ3v) is 6.72. The highest BCUT2D eigenvalue weighted by atomic mass is 35.6. The molecule has 0 aliphatic carbocycles. The van der Waals surface area contributed by atoms with Crippen molar-refractivity contribution in [1.29, 1.82) is 0 Å². The van der Waals surface area contributed by atoms with E-state index in [1.54, 1.807) is 6.07 Å². The van der Waals surface area contributed by atoms with Crippen molar-refractivity contribution in [2.45, 2.75) is 20.3 Å². The molecule has 8 heteroatoms. The molecule has 4 nitrogen and oxygen atoms in total. The van der Waals surface area contributed by atoms with Gasteiger partial charge in [-0.05, 0) is 35.0 Å². The molecule has 0 aliphatic heterocycles. The smallest absolute Gasteiger partial charge is 0.258 e. The Kier molecular flexibility index (Phi) is 6.77. The second-order valence-corrected chi connectivity index (χ2v) is 10.2. The molecule has 158 valence electrons. The number of nitrogens with zero attached hydrogens (tertiary/aromatic N) is 1. The van der Waals surface area contributed by atoms with Gasteiger partial charge < -0.3 is 9.73 Å². The van der Waals surface area contributed by atoms with Gasteiger partial charge >= 0.3 is 0 Å². The maximum Gasteiger partial charge on any atom is 0.258 e. The Morgan fingerprint density at radius 1 is 0.871 bits per heavy atom. The fraction of sp³-hybridized carbons (Fsp3) is 0.130. The van der Waals surface area contributed by atoms with Crippen molar-refractivity contribution in [3.05, 3.63) is 96.1 Å². The summed E-state index contributed by atoms with van der Waals surface area (Å²) in [4.78, 5) is 17.8. The van der Waals surface area contributed by atoms with Gasteiger partial charge in [0.2, 0.25) is 9.70 Å². The molecule has 4 rings (SSSR count). The zero-order chi connectivity index (χ0) is 21.8. The van der Waals surface area contributed by atoms with Gasteiger partial charge in [-0.25, -0.2) is 4.98 Å². The summed E-state index contributed by atoms with van der Waals surface area (Å²) in [7, 11) is 0. The predicted octanol–water partition coefficient (Wildman–Crippen LogP) is 6.56. The lowest BCUT2D eigenvalue weighted by atomic mass is 9.90. The second-order valence-electron chi connectivity index (χ2n) is 6.75. The summed E-state index contributed by atoms with van der Waals surface area (Å²) in [6, 6.07) is 26.3. The number of oxazole rings is 1. The van der Waals surface area contributed by atoms with Crippen molar-refractivity contribution < 1.29 is 9.21 Å². The topological polar surface area (TPSA) is 55.1 Å². The summed E-state index contributed by atoms with van der Waals surface area (Å²) in [6.45, 7) is 0. The van der Waals surface area contributed by atoms with Crippen LogP contribution in [0, 0.1) is 0 Å². The van der Waals surface area contributed by atoms with E-state index < -0.39 is 15.1 Å². The van der Waals surface area contributed by atoms with Gasteiger partial charge in [-0.2, -0.15) is 0 Å². The molecule has 1 unspecified atom stereocenters. The molecule has 3 aromatic carbocycles. The number of amides is 1. The average molecular weight is 492 g/mol. The number of aromatic nitrogens is 1. The maximum atomic E-state index is 13.4. The van der Waals surface area contributed by atoms with Crippen LogP contribution in [0.3, 0.4) is 0 Å². The zero-order valence-electron chi connectivity index (χ0n) is 16.0. The normalized spacial score (nSPS) is 12.8. The quantitative estimate of drug-likeness (QED) is 0.188. The van der Waals surface area contributed by atoms with Gasteiger partial charge in [0.05, 0.1) is 5.92 Å². The van der Waals surface area contributed by atoms with Crippen LogP contribution in [0.5, 0.6) is 0 Å². The van der Waals surface area contributed by atoms with Gasteiger partial charge in [-0.3, -0.25) is 4.79 Å². The summed E-state index contributed by atoms with van der Waals surface area (Å²) in [5.41, 5.74) is 2.97. The Morgan fingerprint density at radius 2 is 1.42 bits per heavy atom. The number of rotatable bonds is 6. The Morgan fingerprint density at radius 3 is 1.97 bits per heavy atom. The molecule has 0 aliphatic rings. The third-order valence-electron chi connectivity index (χ3n) is 4.59. The fourth-order valence-corrected chi connectivity index (χ4v) is 4.54. The van der Waals surface area contributed by atoms with Crippen LogP contribution in [0.4, 0.5) is 0 Å². The molecule has 1 atom stereocenters. The zero-order valence-corrected chi connectivity index (χ0v) is 19.1. The fourth-order valence-electron chi connectivity index (χ4n) is 3.18. The SMILES string of the molecule is O=C(NC(Sc1nc2ccccc2o1)C(Cl)(Cl)Cl)C(c1ccccc1)c1ccccc1. The number of alkyl halides is 3. The molecule has 1 N–H and O–H groups in total. The van der Waals surface area contributed by atoms with Gasteiger partial charge in [0.15, 0.2) is 5.58 Å². The van der Waals surface area contributed by atoms with Gasteiger partial charge in [-0.1, -0.05) is 108 Å². The van der Waals surface area contributed by atoms with E-state index in [2.05, 4.69) is 10.3 Å². The van der Waals surface area contributed by atoms with Gasteiger partial charge in [0.1, 0.15) is 10.9 Å². The van der Waals surface area contributed by atoms with Crippen molar-refractivity contribution >= 4 is 63.6 Å².